The van der Waals surface area contributed by atoms with Crippen molar-refractivity contribution in [1.82, 2.24) is 5.43 Å². The molecule has 0 unspecified atom stereocenters. The Morgan fingerprint density at radius 1 is 0.967 bits per heavy atom. The zero-order valence-electron chi connectivity index (χ0n) is 16.2. The molecule has 7 heteroatoms. The summed E-state index contributed by atoms with van der Waals surface area (Å²) in [6.45, 7) is 1.85. The third-order valence-corrected chi connectivity index (χ3v) is 4.92. The lowest BCUT2D eigenvalue weighted by atomic mass is 10.2. The molecule has 0 aliphatic rings. The summed E-state index contributed by atoms with van der Waals surface area (Å²) >= 11 is 2.09. The predicted octanol–water partition coefficient (Wildman–Crippen LogP) is 4.35. The molecule has 0 fully saturated rings. The van der Waals surface area contributed by atoms with E-state index in [1.165, 1.54) is 6.21 Å². The lowest BCUT2D eigenvalue weighted by Crippen LogP contribution is -2.24. The molecule has 0 radical (unpaired) electrons. The number of nitrogens with zero attached hydrogens (tertiary/aromatic N) is 1. The Hall–Kier alpha value is -3.20. The van der Waals surface area contributed by atoms with Crippen LogP contribution in [-0.2, 0) is 4.79 Å². The fourth-order valence-corrected chi connectivity index (χ4v) is 3.01. The van der Waals surface area contributed by atoms with Crippen LogP contribution in [0, 0.1) is 10.5 Å². The average Bonchev–Trinajstić information content (AvgIpc) is 2.75. The van der Waals surface area contributed by atoms with Gasteiger partial charge >= 0.3 is 5.97 Å². The number of hydrogen-bond acceptors (Lipinski definition) is 5. The number of amides is 1. The first kappa shape index (κ1) is 21.5. The van der Waals surface area contributed by atoms with E-state index in [1.807, 2.05) is 31.2 Å². The highest BCUT2D eigenvalue weighted by atomic mass is 127. The minimum Gasteiger partial charge on any atom is -0.484 e. The van der Waals surface area contributed by atoms with Crippen molar-refractivity contribution in [2.24, 2.45) is 5.10 Å². The normalized spacial score (nSPS) is 10.6. The monoisotopic (exact) mass is 514 g/mol. The fourth-order valence-electron chi connectivity index (χ4n) is 2.41. The van der Waals surface area contributed by atoms with Crippen LogP contribution in [0.2, 0.25) is 0 Å². The zero-order valence-corrected chi connectivity index (χ0v) is 18.3. The van der Waals surface area contributed by atoms with Crippen molar-refractivity contribution < 1.29 is 19.1 Å². The summed E-state index contributed by atoms with van der Waals surface area (Å²) in [4.78, 5) is 24.0. The second-order valence-corrected chi connectivity index (χ2v) is 7.50. The summed E-state index contributed by atoms with van der Waals surface area (Å²) in [7, 11) is 0. The molecule has 0 aliphatic heterocycles. The van der Waals surface area contributed by atoms with Crippen molar-refractivity contribution >= 4 is 40.7 Å². The Bertz CT molecular complexity index is 1050. The molecule has 0 atom stereocenters. The Labute approximate surface area is 188 Å². The standard InChI is InChI=1S/C23H19IN2O4/c1-16-6-10-18(11-7-16)29-15-22(27)26-25-14-17-8-12-19(13-9-17)30-23(28)20-4-2-3-5-21(20)24/h2-14H,15H2,1H3,(H,26,27)/b25-14+. The summed E-state index contributed by atoms with van der Waals surface area (Å²) in [5.74, 6) is 0.263. The van der Waals surface area contributed by atoms with Crippen molar-refractivity contribution in [2.75, 3.05) is 6.61 Å². The molecule has 0 saturated carbocycles. The van der Waals surface area contributed by atoms with E-state index in [1.54, 1.807) is 48.5 Å². The van der Waals surface area contributed by atoms with Crippen LogP contribution in [0.3, 0.4) is 0 Å². The van der Waals surface area contributed by atoms with Gasteiger partial charge in [-0.05, 0) is 83.6 Å². The number of ether oxygens (including phenoxy) is 2. The van der Waals surface area contributed by atoms with E-state index in [-0.39, 0.29) is 12.5 Å². The molecule has 0 spiro atoms. The summed E-state index contributed by atoms with van der Waals surface area (Å²) in [6, 6.07) is 21.4. The van der Waals surface area contributed by atoms with Crippen LogP contribution in [0.25, 0.3) is 0 Å². The van der Waals surface area contributed by atoms with Gasteiger partial charge in [0.25, 0.3) is 5.91 Å². The highest BCUT2D eigenvalue weighted by Crippen LogP contribution is 2.17. The Morgan fingerprint density at radius 2 is 1.63 bits per heavy atom. The maximum atomic E-state index is 12.2. The maximum Gasteiger partial charge on any atom is 0.344 e. The summed E-state index contributed by atoms with van der Waals surface area (Å²) in [5, 5.41) is 3.90. The van der Waals surface area contributed by atoms with E-state index < -0.39 is 5.97 Å². The number of carbonyl (C=O) groups excluding carboxylic acids is 2. The molecular formula is C23H19IN2O4. The van der Waals surface area contributed by atoms with Crippen LogP contribution >= 0.6 is 22.6 Å². The number of esters is 1. The molecule has 152 valence electrons. The number of hydrogen-bond donors (Lipinski definition) is 1. The lowest BCUT2D eigenvalue weighted by Gasteiger charge is -2.06. The van der Waals surface area contributed by atoms with E-state index in [0.29, 0.717) is 17.1 Å². The molecule has 3 rings (SSSR count). The quantitative estimate of drug-likeness (QED) is 0.167. The fraction of sp³-hybridized carbons (Fsp3) is 0.0870. The Kier molecular flexibility index (Phi) is 7.56. The first-order chi connectivity index (χ1) is 14.5. The van der Waals surface area contributed by atoms with E-state index in [4.69, 9.17) is 9.47 Å². The lowest BCUT2D eigenvalue weighted by molar-refractivity contribution is -0.123. The van der Waals surface area contributed by atoms with Gasteiger partial charge in [0.2, 0.25) is 0 Å². The first-order valence-corrected chi connectivity index (χ1v) is 10.2. The number of benzene rings is 3. The van der Waals surface area contributed by atoms with Crippen LogP contribution in [0.5, 0.6) is 11.5 Å². The minimum absolute atomic E-state index is 0.131. The largest absolute Gasteiger partial charge is 0.484 e. The molecule has 6 nitrogen and oxygen atoms in total. The van der Waals surface area contributed by atoms with Crippen molar-refractivity contribution in [3.8, 4) is 11.5 Å². The van der Waals surface area contributed by atoms with Crippen LogP contribution in [0.1, 0.15) is 21.5 Å². The molecule has 0 aliphatic carbocycles. The highest BCUT2D eigenvalue weighted by Gasteiger charge is 2.11. The smallest absolute Gasteiger partial charge is 0.344 e. The van der Waals surface area contributed by atoms with Crippen LogP contribution < -0.4 is 14.9 Å². The van der Waals surface area contributed by atoms with E-state index in [2.05, 4.69) is 33.1 Å². The average molecular weight is 514 g/mol. The maximum absolute atomic E-state index is 12.2. The van der Waals surface area contributed by atoms with Crippen LogP contribution in [0.4, 0.5) is 0 Å². The molecule has 30 heavy (non-hydrogen) atoms. The number of aryl methyl sites for hydroxylation is 1. The number of rotatable bonds is 7. The second-order valence-electron chi connectivity index (χ2n) is 6.33. The number of carbonyl (C=O) groups is 2. The van der Waals surface area contributed by atoms with Gasteiger partial charge in [0.05, 0.1) is 11.8 Å². The topological polar surface area (TPSA) is 77.0 Å². The first-order valence-electron chi connectivity index (χ1n) is 9.09. The molecule has 3 aromatic carbocycles. The molecular weight excluding hydrogens is 495 g/mol. The summed E-state index contributed by atoms with van der Waals surface area (Å²) < 4.78 is 11.6. The van der Waals surface area contributed by atoms with Gasteiger partial charge < -0.3 is 9.47 Å². The molecule has 0 saturated heterocycles. The summed E-state index contributed by atoms with van der Waals surface area (Å²) in [6.07, 6.45) is 1.50. The van der Waals surface area contributed by atoms with Gasteiger partial charge in [0.1, 0.15) is 11.5 Å². The van der Waals surface area contributed by atoms with Gasteiger partial charge in [-0.15, -0.1) is 0 Å². The number of hydrazone groups is 1. The third-order valence-electron chi connectivity index (χ3n) is 3.98. The summed E-state index contributed by atoms with van der Waals surface area (Å²) in [5.41, 5.74) is 4.78. The highest BCUT2D eigenvalue weighted by molar-refractivity contribution is 14.1. The van der Waals surface area contributed by atoms with Crippen LogP contribution in [0.15, 0.2) is 77.9 Å². The SMILES string of the molecule is Cc1ccc(OCC(=O)N/N=C/c2ccc(OC(=O)c3ccccc3I)cc2)cc1. The van der Waals surface area contributed by atoms with Gasteiger partial charge in [0.15, 0.2) is 6.61 Å². The molecule has 0 heterocycles. The number of nitrogens with one attached hydrogen (secondary N) is 1. The van der Waals surface area contributed by atoms with E-state index >= 15 is 0 Å². The van der Waals surface area contributed by atoms with Crippen molar-refractivity contribution in [3.05, 3.63) is 93.1 Å². The van der Waals surface area contributed by atoms with E-state index in [9.17, 15) is 9.59 Å². The van der Waals surface area contributed by atoms with Crippen molar-refractivity contribution in [3.63, 3.8) is 0 Å². The van der Waals surface area contributed by atoms with Crippen molar-refractivity contribution in [1.29, 1.82) is 0 Å². The van der Waals surface area contributed by atoms with Gasteiger partial charge in [-0.25, -0.2) is 10.2 Å². The Balaban J connectivity index is 1.47. The minimum atomic E-state index is -0.415. The molecule has 1 amide bonds. The van der Waals surface area contributed by atoms with Crippen molar-refractivity contribution in [2.45, 2.75) is 6.92 Å². The third kappa shape index (κ3) is 6.41. The number of halogens is 1. The second kappa shape index (κ2) is 10.5. The molecule has 0 aromatic heterocycles. The van der Waals surface area contributed by atoms with Gasteiger partial charge in [-0.3, -0.25) is 4.79 Å². The zero-order chi connectivity index (χ0) is 21.3. The molecule has 1 N–H and O–H groups in total. The van der Waals surface area contributed by atoms with E-state index in [0.717, 1.165) is 14.7 Å². The predicted molar refractivity (Wildman–Crippen MR) is 123 cm³/mol. The van der Waals surface area contributed by atoms with Gasteiger partial charge in [-0.2, -0.15) is 5.10 Å². The van der Waals surface area contributed by atoms with Gasteiger partial charge in [-0.1, -0.05) is 29.8 Å². The molecule has 3 aromatic rings. The Morgan fingerprint density at radius 3 is 2.33 bits per heavy atom. The van der Waals surface area contributed by atoms with Gasteiger partial charge in [0, 0.05) is 3.57 Å². The molecule has 0 bridgehead atoms. The van der Waals surface area contributed by atoms with Crippen LogP contribution in [-0.4, -0.2) is 24.7 Å².